The molecular formula is C11H19NO3. The minimum atomic E-state index is -0.951. The molecule has 2 rings (SSSR count). The fourth-order valence-corrected chi connectivity index (χ4v) is 2.54. The summed E-state index contributed by atoms with van der Waals surface area (Å²) in [6.45, 7) is 1.36. The summed E-state index contributed by atoms with van der Waals surface area (Å²) < 4.78 is 5.84. The highest BCUT2D eigenvalue weighted by Crippen LogP contribution is 2.29. The van der Waals surface area contributed by atoms with Crippen molar-refractivity contribution in [3.63, 3.8) is 0 Å². The molecule has 2 N–H and O–H groups in total. The molecule has 0 radical (unpaired) electrons. The molecule has 1 unspecified atom stereocenters. The second-order valence-electron chi connectivity index (χ2n) is 4.60. The average molecular weight is 213 g/mol. The Morgan fingerprint density at radius 2 is 2.07 bits per heavy atom. The third-order valence-electron chi connectivity index (χ3n) is 3.43. The zero-order valence-electron chi connectivity index (χ0n) is 9.00. The lowest BCUT2D eigenvalue weighted by atomic mass is 9.93. The van der Waals surface area contributed by atoms with Crippen LogP contribution in [0, 0.1) is 0 Å². The van der Waals surface area contributed by atoms with Crippen molar-refractivity contribution in [3.05, 3.63) is 0 Å². The first kappa shape index (κ1) is 10.9. The van der Waals surface area contributed by atoms with Gasteiger partial charge in [-0.25, -0.2) is 4.79 Å². The van der Waals surface area contributed by atoms with E-state index in [1.807, 2.05) is 0 Å². The monoisotopic (exact) mass is 213 g/mol. The summed E-state index contributed by atoms with van der Waals surface area (Å²) in [5.41, 5.74) is -0.951. The number of nitrogens with one attached hydrogen (secondary N) is 1. The third kappa shape index (κ3) is 2.32. The Balaban J connectivity index is 2.00. The zero-order chi connectivity index (χ0) is 10.7. The van der Waals surface area contributed by atoms with E-state index in [1.54, 1.807) is 0 Å². The number of ether oxygens (including phenoxy) is 1. The highest BCUT2D eigenvalue weighted by Gasteiger charge is 2.43. The quantitative estimate of drug-likeness (QED) is 0.738. The Morgan fingerprint density at radius 1 is 1.33 bits per heavy atom. The van der Waals surface area contributed by atoms with Gasteiger partial charge in [0.2, 0.25) is 0 Å². The molecular weight excluding hydrogens is 194 g/mol. The Morgan fingerprint density at radius 3 is 2.60 bits per heavy atom. The van der Waals surface area contributed by atoms with Gasteiger partial charge in [-0.1, -0.05) is 12.8 Å². The lowest BCUT2D eigenvalue weighted by Crippen LogP contribution is -2.54. The van der Waals surface area contributed by atoms with E-state index >= 15 is 0 Å². The number of carboxylic acid groups (broad SMARTS) is 1. The van der Waals surface area contributed by atoms with Crippen molar-refractivity contribution < 1.29 is 14.6 Å². The molecule has 1 saturated heterocycles. The number of hydrogen-bond acceptors (Lipinski definition) is 3. The molecule has 2 fully saturated rings. The zero-order valence-corrected chi connectivity index (χ0v) is 9.00. The van der Waals surface area contributed by atoms with Crippen molar-refractivity contribution in [2.24, 2.45) is 0 Å². The summed E-state index contributed by atoms with van der Waals surface area (Å²) in [7, 11) is 0. The van der Waals surface area contributed by atoms with E-state index in [-0.39, 0.29) is 6.10 Å². The SMILES string of the molecule is O=C(O)C1(OC2CCCC2)CCCNC1. The van der Waals surface area contributed by atoms with Crippen molar-refractivity contribution in [1.29, 1.82) is 0 Å². The van der Waals surface area contributed by atoms with Gasteiger partial charge < -0.3 is 15.2 Å². The highest BCUT2D eigenvalue weighted by molar-refractivity contribution is 5.78. The molecule has 86 valence electrons. The number of aliphatic carboxylic acids is 1. The lowest BCUT2D eigenvalue weighted by Gasteiger charge is -2.35. The molecule has 0 amide bonds. The maximum absolute atomic E-state index is 11.3. The van der Waals surface area contributed by atoms with E-state index in [2.05, 4.69) is 5.32 Å². The van der Waals surface area contributed by atoms with Crippen molar-refractivity contribution in [3.8, 4) is 0 Å². The van der Waals surface area contributed by atoms with Gasteiger partial charge in [0, 0.05) is 6.54 Å². The molecule has 1 aliphatic heterocycles. The van der Waals surface area contributed by atoms with Crippen molar-refractivity contribution in [2.45, 2.75) is 50.2 Å². The van der Waals surface area contributed by atoms with E-state index < -0.39 is 11.6 Å². The van der Waals surface area contributed by atoms with E-state index in [1.165, 1.54) is 12.8 Å². The standard InChI is InChI=1S/C11H19NO3/c13-10(14)11(6-3-7-12-8-11)15-9-4-1-2-5-9/h9,12H,1-8H2,(H,13,14). The van der Waals surface area contributed by atoms with Gasteiger partial charge in [0.25, 0.3) is 0 Å². The van der Waals surface area contributed by atoms with Crippen LogP contribution in [0.25, 0.3) is 0 Å². The van der Waals surface area contributed by atoms with E-state index in [0.717, 1.165) is 25.8 Å². The molecule has 1 saturated carbocycles. The molecule has 1 aliphatic carbocycles. The molecule has 0 aromatic carbocycles. The normalized spacial score (nSPS) is 33.1. The highest BCUT2D eigenvalue weighted by atomic mass is 16.5. The third-order valence-corrected chi connectivity index (χ3v) is 3.43. The second-order valence-corrected chi connectivity index (χ2v) is 4.60. The van der Waals surface area contributed by atoms with Crippen LogP contribution in [0.3, 0.4) is 0 Å². The van der Waals surface area contributed by atoms with E-state index in [0.29, 0.717) is 13.0 Å². The van der Waals surface area contributed by atoms with E-state index in [4.69, 9.17) is 4.74 Å². The Labute approximate surface area is 90.0 Å². The van der Waals surface area contributed by atoms with Crippen LogP contribution in [0.1, 0.15) is 38.5 Å². The first-order chi connectivity index (χ1) is 7.23. The van der Waals surface area contributed by atoms with Crippen LogP contribution in [-0.2, 0) is 9.53 Å². The van der Waals surface area contributed by atoms with Gasteiger partial charge in [-0.2, -0.15) is 0 Å². The van der Waals surface area contributed by atoms with Crippen LogP contribution in [0.4, 0.5) is 0 Å². The maximum Gasteiger partial charge on any atom is 0.337 e. The number of piperidine rings is 1. The number of hydrogen-bond donors (Lipinski definition) is 2. The molecule has 2 aliphatic rings. The van der Waals surface area contributed by atoms with Gasteiger partial charge in [-0.05, 0) is 32.2 Å². The minimum absolute atomic E-state index is 0.168. The first-order valence-electron chi connectivity index (χ1n) is 5.85. The average Bonchev–Trinajstić information content (AvgIpc) is 2.71. The number of rotatable bonds is 3. The van der Waals surface area contributed by atoms with Crippen LogP contribution >= 0.6 is 0 Å². The number of carbonyl (C=O) groups is 1. The van der Waals surface area contributed by atoms with Crippen LogP contribution in [0.15, 0.2) is 0 Å². The minimum Gasteiger partial charge on any atom is -0.479 e. The largest absolute Gasteiger partial charge is 0.479 e. The molecule has 0 aromatic rings. The maximum atomic E-state index is 11.3. The van der Waals surface area contributed by atoms with Gasteiger partial charge in [-0.3, -0.25) is 0 Å². The molecule has 4 heteroatoms. The summed E-state index contributed by atoms with van der Waals surface area (Å²) in [5.74, 6) is -0.804. The van der Waals surface area contributed by atoms with Gasteiger partial charge in [0.15, 0.2) is 5.60 Å². The van der Waals surface area contributed by atoms with Crippen LogP contribution in [0.2, 0.25) is 0 Å². The van der Waals surface area contributed by atoms with Crippen LogP contribution in [0.5, 0.6) is 0 Å². The summed E-state index contributed by atoms with van der Waals surface area (Å²) in [6, 6.07) is 0. The molecule has 0 spiro atoms. The van der Waals surface area contributed by atoms with Gasteiger partial charge in [0.1, 0.15) is 0 Å². The van der Waals surface area contributed by atoms with Gasteiger partial charge in [0.05, 0.1) is 6.10 Å². The van der Waals surface area contributed by atoms with E-state index in [9.17, 15) is 9.90 Å². The fourth-order valence-electron chi connectivity index (χ4n) is 2.54. The van der Waals surface area contributed by atoms with Gasteiger partial charge >= 0.3 is 5.97 Å². The number of carboxylic acids is 1. The molecule has 1 heterocycles. The molecule has 0 bridgehead atoms. The molecule has 15 heavy (non-hydrogen) atoms. The Bertz CT molecular complexity index is 230. The molecule has 4 nitrogen and oxygen atoms in total. The van der Waals surface area contributed by atoms with Crippen molar-refractivity contribution in [1.82, 2.24) is 5.32 Å². The molecule has 0 aromatic heterocycles. The summed E-state index contributed by atoms with van der Waals surface area (Å²) in [4.78, 5) is 11.3. The Kier molecular flexibility index (Phi) is 3.26. The molecule has 1 atom stereocenters. The lowest BCUT2D eigenvalue weighted by molar-refractivity contribution is -0.176. The summed E-state index contributed by atoms with van der Waals surface area (Å²) >= 11 is 0. The first-order valence-corrected chi connectivity index (χ1v) is 5.85. The predicted molar refractivity (Wildman–Crippen MR) is 55.8 cm³/mol. The fraction of sp³-hybridized carbons (Fsp3) is 0.909. The van der Waals surface area contributed by atoms with Crippen molar-refractivity contribution >= 4 is 5.97 Å². The van der Waals surface area contributed by atoms with Crippen LogP contribution in [-0.4, -0.2) is 35.9 Å². The van der Waals surface area contributed by atoms with Crippen LogP contribution < -0.4 is 5.32 Å². The topological polar surface area (TPSA) is 58.6 Å². The predicted octanol–water partition coefficient (Wildman–Crippen LogP) is 1.15. The Hall–Kier alpha value is -0.610. The smallest absolute Gasteiger partial charge is 0.337 e. The van der Waals surface area contributed by atoms with Gasteiger partial charge in [-0.15, -0.1) is 0 Å². The summed E-state index contributed by atoms with van der Waals surface area (Å²) in [5, 5.41) is 12.4. The summed E-state index contributed by atoms with van der Waals surface area (Å²) in [6.07, 6.45) is 6.09. The second kappa shape index (κ2) is 4.49. The van der Waals surface area contributed by atoms with Crippen molar-refractivity contribution in [2.75, 3.05) is 13.1 Å².